The average Bonchev–Trinajstić information content (AvgIpc) is 2.67. The molecule has 3 nitrogen and oxygen atoms in total. The molecule has 0 aliphatic carbocycles. The Bertz CT molecular complexity index is 714. The highest BCUT2D eigenvalue weighted by Gasteiger charge is 2.09. The highest BCUT2D eigenvalue weighted by Crippen LogP contribution is 2.24. The van der Waals surface area contributed by atoms with E-state index in [0.717, 1.165) is 22.2 Å². The zero-order valence-electron chi connectivity index (χ0n) is 10.2. The molecule has 0 amide bonds. The van der Waals surface area contributed by atoms with Crippen molar-refractivity contribution in [3.63, 3.8) is 0 Å². The Hall–Kier alpha value is -2.23. The molecule has 3 rings (SSSR count). The van der Waals surface area contributed by atoms with Crippen molar-refractivity contribution in [2.24, 2.45) is 0 Å². The Labute approximate surface area is 104 Å². The van der Waals surface area contributed by atoms with Crippen LogP contribution in [0.3, 0.4) is 0 Å². The summed E-state index contributed by atoms with van der Waals surface area (Å²) in [6.07, 6.45) is 1.95. The third-order valence-corrected chi connectivity index (χ3v) is 3.00. The van der Waals surface area contributed by atoms with Crippen molar-refractivity contribution < 1.29 is 4.39 Å². The van der Waals surface area contributed by atoms with Crippen LogP contribution in [0.15, 0.2) is 36.5 Å². The molecule has 2 heterocycles. The van der Waals surface area contributed by atoms with Crippen LogP contribution in [0, 0.1) is 19.7 Å². The first kappa shape index (κ1) is 10.9. The van der Waals surface area contributed by atoms with Crippen LogP contribution in [-0.2, 0) is 0 Å². The van der Waals surface area contributed by atoms with Crippen molar-refractivity contribution in [2.45, 2.75) is 13.8 Å². The highest BCUT2D eigenvalue weighted by atomic mass is 19.1. The second kappa shape index (κ2) is 3.91. The number of benzene rings is 1. The summed E-state index contributed by atoms with van der Waals surface area (Å²) in [4.78, 5) is 0. The summed E-state index contributed by atoms with van der Waals surface area (Å²) in [5.41, 5.74) is 2.76. The van der Waals surface area contributed by atoms with Crippen molar-refractivity contribution in [2.75, 3.05) is 0 Å². The largest absolute Gasteiger partial charge is 0.299 e. The van der Waals surface area contributed by atoms with Crippen LogP contribution < -0.4 is 0 Å². The van der Waals surface area contributed by atoms with E-state index >= 15 is 0 Å². The lowest BCUT2D eigenvalue weighted by Crippen LogP contribution is -1.98. The molecule has 0 bridgehead atoms. The number of aromatic nitrogens is 3. The Kier molecular flexibility index (Phi) is 2.37. The standard InChI is InChI=1S/C14H12FN3/c1-9-8-18(14-6-3-10(2)16-17-14)13-7-11(15)4-5-12(9)13/h3-8H,1-2H3. The van der Waals surface area contributed by atoms with Gasteiger partial charge < -0.3 is 0 Å². The molecule has 0 radical (unpaired) electrons. The minimum Gasteiger partial charge on any atom is -0.299 e. The van der Waals surface area contributed by atoms with E-state index in [1.54, 1.807) is 6.07 Å². The molecule has 18 heavy (non-hydrogen) atoms. The Morgan fingerprint density at radius 1 is 1.06 bits per heavy atom. The molecule has 2 aromatic heterocycles. The maximum Gasteiger partial charge on any atom is 0.159 e. The maximum atomic E-state index is 13.4. The van der Waals surface area contributed by atoms with Crippen LogP contribution in [0.4, 0.5) is 4.39 Å². The van der Waals surface area contributed by atoms with Gasteiger partial charge in [-0.3, -0.25) is 4.57 Å². The van der Waals surface area contributed by atoms with Gasteiger partial charge in [-0.2, -0.15) is 5.10 Å². The van der Waals surface area contributed by atoms with E-state index < -0.39 is 0 Å². The van der Waals surface area contributed by atoms with E-state index in [-0.39, 0.29) is 5.82 Å². The molecule has 0 aliphatic rings. The number of aryl methyl sites for hydroxylation is 2. The summed E-state index contributed by atoms with van der Waals surface area (Å²) in [5.74, 6) is 0.450. The van der Waals surface area contributed by atoms with Crippen molar-refractivity contribution in [3.05, 3.63) is 53.6 Å². The first-order valence-corrected chi connectivity index (χ1v) is 5.73. The van der Waals surface area contributed by atoms with Gasteiger partial charge in [0.15, 0.2) is 5.82 Å². The third kappa shape index (κ3) is 1.66. The normalized spacial score (nSPS) is 11.1. The molecule has 0 saturated carbocycles. The number of hydrogen-bond acceptors (Lipinski definition) is 2. The lowest BCUT2D eigenvalue weighted by atomic mass is 10.2. The predicted molar refractivity (Wildman–Crippen MR) is 68.3 cm³/mol. The van der Waals surface area contributed by atoms with Gasteiger partial charge in [0, 0.05) is 11.6 Å². The van der Waals surface area contributed by atoms with Gasteiger partial charge in [-0.15, -0.1) is 5.10 Å². The molecule has 3 aromatic rings. The van der Waals surface area contributed by atoms with E-state index in [2.05, 4.69) is 10.2 Å². The molecule has 90 valence electrons. The molecule has 0 spiro atoms. The lowest BCUT2D eigenvalue weighted by molar-refractivity contribution is 0.629. The van der Waals surface area contributed by atoms with Crippen molar-refractivity contribution in [1.82, 2.24) is 14.8 Å². The molecule has 0 aliphatic heterocycles. The monoisotopic (exact) mass is 241 g/mol. The first-order chi connectivity index (χ1) is 8.65. The summed E-state index contributed by atoms with van der Waals surface area (Å²) in [6, 6.07) is 8.55. The summed E-state index contributed by atoms with van der Waals surface area (Å²) < 4.78 is 15.2. The topological polar surface area (TPSA) is 30.7 Å². The Balaban J connectivity index is 2.28. The fourth-order valence-corrected chi connectivity index (χ4v) is 2.08. The van der Waals surface area contributed by atoms with Crippen LogP contribution in [0.25, 0.3) is 16.7 Å². The minimum atomic E-state index is -0.248. The van der Waals surface area contributed by atoms with Gasteiger partial charge in [-0.1, -0.05) is 0 Å². The molecule has 0 atom stereocenters. The number of hydrogen-bond donors (Lipinski definition) is 0. The van der Waals surface area contributed by atoms with Gasteiger partial charge in [0.05, 0.1) is 11.2 Å². The van der Waals surface area contributed by atoms with Crippen LogP contribution in [0.1, 0.15) is 11.3 Å². The Morgan fingerprint density at radius 3 is 2.61 bits per heavy atom. The van der Waals surface area contributed by atoms with E-state index in [4.69, 9.17) is 0 Å². The number of halogens is 1. The first-order valence-electron chi connectivity index (χ1n) is 5.73. The quantitative estimate of drug-likeness (QED) is 0.655. The molecular formula is C14H12FN3. The maximum absolute atomic E-state index is 13.4. The van der Waals surface area contributed by atoms with E-state index in [0.29, 0.717) is 5.82 Å². The summed E-state index contributed by atoms with van der Waals surface area (Å²) in [5, 5.41) is 9.19. The van der Waals surface area contributed by atoms with E-state index in [1.165, 1.54) is 12.1 Å². The van der Waals surface area contributed by atoms with Crippen LogP contribution in [0.2, 0.25) is 0 Å². The molecule has 0 unspecified atom stereocenters. The predicted octanol–water partition coefficient (Wildman–Crippen LogP) is 3.18. The Morgan fingerprint density at radius 2 is 1.89 bits per heavy atom. The van der Waals surface area contributed by atoms with Crippen LogP contribution >= 0.6 is 0 Å². The summed E-state index contributed by atoms with van der Waals surface area (Å²) >= 11 is 0. The minimum absolute atomic E-state index is 0.248. The number of rotatable bonds is 1. The molecule has 1 aromatic carbocycles. The zero-order valence-corrected chi connectivity index (χ0v) is 10.2. The summed E-state index contributed by atoms with van der Waals surface area (Å²) in [6.45, 7) is 3.88. The van der Waals surface area contributed by atoms with Gasteiger partial charge in [0.2, 0.25) is 0 Å². The number of nitrogens with zero attached hydrogens (tertiary/aromatic N) is 3. The molecule has 0 N–H and O–H groups in total. The molecular weight excluding hydrogens is 229 g/mol. The third-order valence-electron chi connectivity index (χ3n) is 3.00. The van der Waals surface area contributed by atoms with Crippen molar-refractivity contribution in [3.8, 4) is 5.82 Å². The van der Waals surface area contributed by atoms with E-state index in [1.807, 2.05) is 36.7 Å². The average molecular weight is 241 g/mol. The number of fused-ring (bicyclic) bond motifs is 1. The second-order valence-electron chi connectivity index (χ2n) is 4.38. The highest BCUT2D eigenvalue weighted by molar-refractivity contribution is 5.85. The van der Waals surface area contributed by atoms with Gasteiger partial charge in [0.25, 0.3) is 0 Å². The van der Waals surface area contributed by atoms with Crippen molar-refractivity contribution in [1.29, 1.82) is 0 Å². The van der Waals surface area contributed by atoms with Crippen LogP contribution in [-0.4, -0.2) is 14.8 Å². The SMILES string of the molecule is Cc1ccc(-n2cc(C)c3ccc(F)cc32)nn1. The second-order valence-corrected chi connectivity index (χ2v) is 4.38. The summed E-state index contributed by atoms with van der Waals surface area (Å²) in [7, 11) is 0. The zero-order chi connectivity index (χ0) is 12.7. The molecule has 0 saturated heterocycles. The fourth-order valence-electron chi connectivity index (χ4n) is 2.08. The molecule has 4 heteroatoms. The van der Waals surface area contributed by atoms with Crippen molar-refractivity contribution >= 4 is 10.9 Å². The molecule has 0 fully saturated rings. The fraction of sp³-hybridized carbons (Fsp3) is 0.143. The van der Waals surface area contributed by atoms with Gasteiger partial charge in [0.1, 0.15) is 5.82 Å². The lowest BCUT2D eigenvalue weighted by Gasteiger charge is -2.03. The van der Waals surface area contributed by atoms with Gasteiger partial charge in [-0.25, -0.2) is 4.39 Å². The smallest absolute Gasteiger partial charge is 0.159 e. The van der Waals surface area contributed by atoms with E-state index in [9.17, 15) is 4.39 Å². The van der Waals surface area contributed by atoms with Crippen LogP contribution in [0.5, 0.6) is 0 Å². The van der Waals surface area contributed by atoms with Gasteiger partial charge in [-0.05, 0) is 49.7 Å². The van der Waals surface area contributed by atoms with Gasteiger partial charge >= 0.3 is 0 Å².